The summed E-state index contributed by atoms with van der Waals surface area (Å²) in [5.41, 5.74) is 6.87. The molecule has 0 spiro atoms. The Kier molecular flexibility index (Phi) is 3.19. The highest BCUT2D eigenvalue weighted by Gasteiger charge is 2.03. The van der Waals surface area contributed by atoms with E-state index in [9.17, 15) is 4.79 Å². The van der Waals surface area contributed by atoms with E-state index in [1.807, 2.05) is 19.9 Å². The van der Waals surface area contributed by atoms with Crippen molar-refractivity contribution in [3.63, 3.8) is 0 Å². The zero-order valence-corrected chi connectivity index (χ0v) is 8.00. The minimum atomic E-state index is -0.278. The molecule has 0 radical (unpaired) electrons. The number of rotatable bonds is 3. The smallest absolute Gasteiger partial charge is 0.330 e. The molecule has 0 aliphatic rings. The summed E-state index contributed by atoms with van der Waals surface area (Å²) in [7, 11) is 0. The molecule has 13 heavy (non-hydrogen) atoms. The van der Waals surface area contributed by atoms with E-state index in [0.717, 1.165) is 17.8 Å². The van der Waals surface area contributed by atoms with Crippen LogP contribution < -0.4 is 11.4 Å². The summed E-state index contributed by atoms with van der Waals surface area (Å²) in [5, 5.41) is 0. The summed E-state index contributed by atoms with van der Waals surface area (Å²) in [5.74, 6) is 0.369. The van der Waals surface area contributed by atoms with E-state index in [1.165, 1.54) is 0 Å². The SMILES string of the molecule is Cc1cc(CC(C)CN)nc(=O)[nH]1. The lowest BCUT2D eigenvalue weighted by Gasteiger charge is -2.06. The number of aryl methyl sites for hydroxylation is 1. The molecule has 1 atom stereocenters. The van der Waals surface area contributed by atoms with Gasteiger partial charge in [0.15, 0.2) is 0 Å². The Hall–Kier alpha value is -1.16. The quantitative estimate of drug-likeness (QED) is 0.700. The molecule has 0 aliphatic heterocycles. The number of hydrogen-bond acceptors (Lipinski definition) is 3. The lowest BCUT2D eigenvalue weighted by atomic mass is 10.1. The van der Waals surface area contributed by atoms with Crippen LogP contribution in [0.15, 0.2) is 10.9 Å². The fourth-order valence-corrected chi connectivity index (χ4v) is 1.19. The molecule has 0 saturated carbocycles. The van der Waals surface area contributed by atoms with Crippen molar-refractivity contribution < 1.29 is 0 Å². The molecule has 0 aromatic carbocycles. The minimum Gasteiger partial charge on any atom is -0.330 e. The van der Waals surface area contributed by atoms with Crippen LogP contribution in [0.4, 0.5) is 0 Å². The van der Waals surface area contributed by atoms with Crippen LogP contribution in [0.2, 0.25) is 0 Å². The van der Waals surface area contributed by atoms with Crippen molar-refractivity contribution >= 4 is 0 Å². The third-order valence-corrected chi connectivity index (χ3v) is 1.89. The molecule has 4 heteroatoms. The zero-order valence-electron chi connectivity index (χ0n) is 8.00. The lowest BCUT2D eigenvalue weighted by molar-refractivity contribution is 0.581. The van der Waals surface area contributed by atoms with Crippen LogP contribution in [-0.2, 0) is 6.42 Å². The summed E-state index contributed by atoms with van der Waals surface area (Å²) < 4.78 is 0. The van der Waals surface area contributed by atoms with E-state index < -0.39 is 0 Å². The van der Waals surface area contributed by atoms with Gasteiger partial charge in [0, 0.05) is 11.4 Å². The van der Waals surface area contributed by atoms with Crippen molar-refractivity contribution in [1.82, 2.24) is 9.97 Å². The summed E-state index contributed by atoms with van der Waals surface area (Å²) in [4.78, 5) is 17.4. The van der Waals surface area contributed by atoms with Gasteiger partial charge in [0.25, 0.3) is 0 Å². The highest BCUT2D eigenvalue weighted by molar-refractivity contribution is 5.07. The van der Waals surface area contributed by atoms with Crippen LogP contribution in [0.25, 0.3) is 0 Å². The first-order valence-corrected chi connectivity index (χ1v) is 4.38. The fraction of sp³-hybridized carbons (Fsp3) is 0.556. The predicted octanol–water partition coefficient (Wildman–Crippen LogP) is 0.216. The van der Waals surface area contributed by atoms with E-state index in [4.69, 9.17) is 5.73 Å². The van der Waals surface area contributed by atoms with Gasteiger partial charge >= 0.3 is 5.69 Å². The molecule has 1 aromatic heterocycles. The average Bonchev–Trinajstić information content (AvgIpc) is 2.02. The van der Waals surface area contributed by atoms with Gasteiger partial charge in [0.05, 0.1) is 0 Å². The highest BCUT2D eigenvalue weighted by atomic mass is 16.1. The number of hydrogen-bond donors (Lipinski definition) is 2. The van der Waals surface area contributed by atoms with E-state index in [2.05, 4.69) is 9.97 Å². The largest absolute Gasteiger partial charge is 0.345 e. The van der Waals surface area contributed by atoms with Gasteiger partial charge in [-0.15, -0.1) is 0 Å². The van der Waals surface area contributed by atoms with Crippen LogP contribution in [0.3, 0.4) is 0 Å². The Morgan fingerprint density at radius 2 is 2.38 bits per heavy atom. The molecular weight excluding hydrogens is 166 g/mol. The van der Waals surface area contributed by atoms with Crippen LogP contribution in [0.1, 0.15) is 18.3 Å². The van der Waals surface area contributed by atoms with Gasteiger partial charge in [0.2, 0.25) is 0 Å². The van der Waals surface area contributed by atoms with Crippen LogP contribution in [-0.4, -0.2) is 16.5 Å². The Balaban J connectivity index is 2.83. The Morgan fingerprint density at radius 1 is 1.69 bits per heavy atom. The van der Waals surface area contributed by atoms with Crippen molar-refractivity contribution in [2.45, 2.75) is 20.3 Å². The minimum absolute atomic E-state index is 0.278. The molecule has 0 amide bonds. The first-order valence-electron chi connectivity index (χ1n) is 4.38. The topological polar surface area (TPSA) is 71.8 Å². The van der Waals surface area contributed by atoms with Gasteiger partial charge in [0.1, 0.15) is 0 Å². The number of nitrogens with one attached hydrogen (secondary N) is 1. The maximum Gasteiger partial charge on any atom is 0.345 e. The molecule has 0 aliphatic carbocycles. The third-order valence-electron chi connectivity index (χ3n) is 1.89. The van der Waals surface area contributed by atoms with Crippen molar-refractivity contribution in [1.29, 1.82) is 0 Å². The van der Waals surface area contributed by atoms with Gasteiger partial charge in [-0.3, -0.25) is 0 Å². The van der Waals surface area contributed by atoms with E-state index in [0.29, 0.717) is 12.5 Å². The molecule has 72 valence electrons. The molecule has 0 bridgehead atoms. The Morgan fingerprint density at radius 3 is 2.92 bits per heavy atom. The molecule has 1 aromatic rings. The van der Waals surface area contributed by atoms with E-state index in [1.54, 1.807) is 0 Å². The number of aromatic nitrogens is 2. The molecule has 1 rings (SSSR count). The second-order valence-electron chi connectivity index (χ2n) is 3.41. The standard InChI is InChI=1S/C9H15N3O/c1-6(5-10)3-8-4-7(2)11-9(13)12-8/h4,6H,3,5,10H2,1-2H3,(H,11,12,13). The normalized spacial score (nSPS) is 12.8. The molecule has 0 saturated heterocycles. The first kappa shape index (κ1) is 9.92. The van der Waals surface area contributed by atoms with Gasteiger partial charge in [-0.1, -0.05) is 6.92 Å². The second kappa shape index (κ2) is 4.18. The van der Waals surface area contributed by atoms with Crippen molar-refractivity contribution in [3.8, 4) is 0 Å². The first-order chi connectivity index (χ1) is 6.11. The summed E-state index contributed by atoms with van der Waals surface area (Å²) in [6, 6.07) is 1.88. The van der Waals surface area contributed by atoms with E-state index in [-0.39, 0.29) is 5.69 Å². The zero-order chi connectivity index (χ0) is 9.84. The van der Waals surface area contributed by atoms with E-state index >= 15 is 0 Å². The number of H-pyrrole nitrogens is 1. The number of aromatic amines is 1. The average molecular weight is 181 g/mol. The number of nitrogens with two attached hydrogens (primary N) is 1. The molecule has 0 fully saturated rings. The van der Waals surface area contributed by atoms with Gasteiger partial charge in [-0.25, -0.2) is 4.79 Å². The third kappa shape index (κ3) is 2.99. The maximum atomic E-state index is 11.0. The fourth-order valence-electron chi connectivity index (χ4n) is 1.19. The molecule has 1 unspecified atom stereocenters. The van der Waals surface area contributed by atoms with Crippen LogP contribution in [0, 0.1) is 12.8 Å². The lowest BCUT2D eigenvalue weighted by Crippen LogP contribution is -2.18. The molecular formula is C9H15N3O. The number of nitrogens with zero attached hydrogens (tertiary/aromatic N) is 1. The summed E-state index contributed by atoms with van der Waals surface area (Å²) in [6.07, 6.45) is 0.765. The Labute approximate surface area is 77.2 Å². The maximum absolute atomic E-state index is 11.0. The molecule has 3 N–H and O–H groups in total. The van der Waals surface area contributed by atoms with Crippen molar-refractivity contribution in [3.05, 3.63) is 27.9 Å². The molecule has 4 nitrogen and oxygen atoms in total. The summed E-state index contributed by atoms with van der Waals surface area (Å²) >= 11 is 0. The molecule has 1 heterocycles. The van der Waals surface area contributed by atoms with Gasteiger partial charge in [-0.05, 0) is 31.9 Å². The summed E-state index contributed by atoms with van der Waals surface area (Å²) in [6.45, 7) is 4.51. The van der Waals surface area contributed by atoms with Crippen molar-refractivity contribution in [2.75, 3.05) is 6.54 Å². The van der Waals surface area contributed by atoms with Crippen molar-refractivity contribution in [2.24, 2.45) is 11.7 Å². The van der Waals surface area contributed by atoms with Gasteiger partial charge in [-0.2, -0.15) is 4.98 Å². The Bertz CT molecular complexity index is 332. The highest BCUT2D eigenvalue weighted by Crippen LogP contribution is 2.03. The van der Waals surface area contributed by atoms with Crippen LogP contribution >= 0.6 is 0 Å². The van der Waals surface area contributed by atoms with Gasteiger partial charge < -0.3 is 10.7 Å². The monoisotopic (exact) mass is 181 g/mol. The van der Waals surface area contributed by atoms with Crippen LogP contribution in [0.5, 0.6) is 0 Å². The second-order valence-corrected chi connectivity index (χ2v) is 3.41. The predicted molar refractivity (Wildman–Crippen MR) is 51.5 cm³/mol.